The van der Waals surface area contributed by atoms with Gasteiger partial charge in [-0.1, -0.05) is 30.2 Å². The zero-order chi connectivity index (χ0) is 19.0. The van der Waals surface area contributed by atoms with Crippen LogP contribution in [0.2, 0.25) is 5.02 Å². The second-order valence-electron chi connectivity index (χ2n) is 6.71. The van der Waals surface area contributed by atoms with Crippen molar-refractivity contribution in [3.05, 3.63) is 53.1 Å². The molecule has 1 N–H and O–H groups in total. The summed E-state index contributed by atoms with van der Waals surface area (Å²) in [7, 11) is -3.55. The standard InChI is InChI=1S/C20H19ClN2O3S/c21-15-6-4-14(5-7-15)20-18(13-24)17-12-16(8-9-19(17)22-20)27(25,26)23-10-2-1-3-11-23/h4-9,12-13,22H,1-3,10-11H2. The Morgan fingerprint density at radius 1 is 1.00 bits per heavy atom. The van der Waals surface area contributed by atoms with Crippen LogP contribution in [0.1, 0.15) is 29.6 Å². The second-order valence-corrected chi connectivity index (χ2v) is 9.08. The molecule has 1 aliphatic heterocycles. The summed E-state index contributed by atoms with van der Waals surface area (Å²) < 4.78 is 27.4. The highest BCUT2D eigenvalue weighted by molar-refractivity contribution is 7.89. The summed E-state index contributed by atoms with van der Waals surface area (Å²) >= 11 is 5.95. The maximum Gasteiger partial charge on any atom is 0.243 e. The number of aromatic nitrogens is 1. The van der Waals surface area contributed by atoms with Crippen molar-refractivity contribution < 1.29 is 13.2 Å². The summed E-state index contributed by atoms with van der Waals surface area (Å²) in [5, 5.41) is 1.21. The van der Waals surface area contributed by atoms with Gasteiger partial charge in [0.15, 0.2) is 6.29 Å². The summed E-state index contributed by atoms with van der Waals surface area (Å²) in [5.74, 6) is 0. The molecule has 0 bridgehead atoms. The van der Waals surface area contributed by atoms with E-state index in [2.05, 4.69) is 4.98 Å². The Hall–Kier alpha value is -2.15. The first-order valence-electron chi connectivity index (χ1n) is 8.88. The summed E-state index contributed by atoms with van der Waals surface area (Å²) in [6.07, 6.45) is 3.58. The second kappa shape index (κ2) is 7.11. The number of H-pyrrole nitrogens is 1. The third kappa shape index (κ3) is 3.29. The van der Waals surface area contributed by atoms with Crippen molar-refractivity contribution in [2.24, 2.45) is 0 Å². The minimum Gasteiger partial charge on any atom is -0.354 e. The molecule has 4 rings (SSSR count). The molecule has 0 spiro atoms. The van der Waals surface area contributed by atoms with E-state index in [0.717, 1.165) is 36.6 Å². The fourth-order valence-corrected chi connectivity index (χ4v) is 5.24. The van der Waals surface area contributed by atoms with E-state index in [1.165, 1.54) is 4.31 Å². The molecule has 3 aromatic rings. The smallest absolute Gasteiger partial charge is 0.243 e. The van der Waals surface area contributed by atoms with Crippen molar-refractivity contribution in [1.82, 2.24) is 9.29 Å². The quantitative estimate of drug-likeness (QED) is 0.654. The Morgan fingerprint density at radius 3 is 2.37 bits per heavy atom. The molecule has 1 fully saturated rings. The molecule has 2 aromatic carbocycles. The molecule has 1 aliphatic rings. The molecule has 0 radical (unpaired) electrons. The van der Waals surface area contributed by atoms with Crippen molar-refractivity contribution >= 4 is 38.8 Å². The van der Waals surface area contributed by atoms with Crippen molar-refractivity contribution in [2.75, 3.05) is 13.1 Å². The minimum atomic E-state index is -3.55. The first-order chi connectivity index (χ1) is 13.0. The number of piperidine rings is 1. The van der Waals surface area contributed by atoms with Gasteiger partial charge in [-0.05, 0) is 48.7 Å². The van der Waals surface area contributed by atoms with Gasteiger partial charge in [0.1, 0.15) is 0 Å². The number of rotatable bonds is 4. The van der Waals surface area contributed by atoms with Crippen LogP contribution in [0, 0.1) is 0 Å². The van der Waals surface area contributed by atoms with Crippen molar-refractivity contribution in [3.8, 4) is 11.3 Å². The lowest BCUT2D eigenvalue weighted by Gasteiger charge is -2.25. The molecule has 27 heavy (non-hydrogen) atoms. The van der Waals surface area contributed by atoms with Crippen LogP contribution >= 0.6 is 11.6 Å². The summed E-state index contributed by atoms with van der Waals surface area (Å²) in [5.41, 5.74) is 2.64. The number of fused-ring (bicyclic) bond motifs is 1. The topological polar surface area (TPSA) is 70.2 Å². The normalized spacial score (nSPS) is 15.9. The molecule has 140 valence electrons. The molecule has 0 saturated carbocycles. The third-order valence-electron chi connectivity index (χ3n) is 5.01. The van der Waals surface area contributed by atoms with Gasteiger partial charge in [0.2, 0.25) is 10.0 Å². The summed E-state index contributed by atoms with van der Waals surface area (Å²) in [6.45, 7) is 1.09. The highest BCUT2D eigenvalue weighted by atomic mass is 35.5. The highest BCUT2D eigenvalue weighted by Gasteiger charge is 2.26. The van der Waals surface area contributed by atoms with Crippen molar-refractivity contribution in [3.63, 3.8) is 0 Å². The van der Waals surface area contributed by atoms with Crippen LogP contribution in [0.15, 0.2) is 47.4 Å². The molecule has 7 heteroatoms. The largest absolute Gasteiger partial charge is 0.354 e. The number of halogens is 1. The van der Waals surface area contributed by atoms with Crippen LogP contribution in [0.5, 0.6) is 0 Å². The number of benzene rings is 2. The average Bonchev–Trinajstić information content (AvgIpc) is 3.07. The Kier molecular flexibility index (Phi) is 4.80. The maximum absolute atomic E-state index is 13.0. The number of hydrogen-bond donors (Lipinski definition) is 1. The molecule has 1 saturated heterocycles. The molecule has 5 nitrogen and oxygen atoms in total. The van der Waals surface area contributed by atoms with Crippen LogP contribution in [0.3, 0.4) is 0 Å². The number of aromatic amines is 1. The molecular formula is C20H19ClN2O3S. The Labute approximate surface area is 163 Å². The van der Waals surface area contributed by atoms with Gasteiger partial charge in [-0.25, -0.2) is 8.42 Å². The van der Waals surface area contributed by atoms with Crippen LogP contribution in [-0.2, 0) is 10.0 Å². The van der Waals surface area contributed by atoms with E-state index in [1.54, 1.807) is 30.3 Å². The van der Waals surface area contributed by atoms with Gasteiger partial charge >= 0.3 is 0 Å². The van der Waals surface area contributed by atoms with Gasteiger partial charge in [0.05, 0.1) is 10.6 Å². The molecule has 1 aromatic heterocycles. The molecule has 0 aliphatic carbocycles. The Balaban J connectivity index is 1.82. The Bertz CT molecular complexity index is 1100. The molecule has 0 unspecified atom stereocenters. The SMILES string of the molecule is O=Cc1c(-c2ccc(Cl)cc2)[nH]c2ccc(S(=O)(=O)N3CCCCC3)cc12. The average molecular weight is 403 g/mol. The van der Waals surface area contributed by atoms with E-state index in [0.29, 0.717) is 34.8 Å². The third-order valence-corrected chi connectivity index (χ3v) is 7.16. The molecule has 2 heterocycles. The van der Waals surface area contributed by atoms with Gasteiger partial charge in [0.25, 0.3) is 0 Å². The number of carbonyl (C=O) groups excluding carboxylic acids is 1. The predicted molar refractivity (Wildman–Crippen MR) is 107 cm³/mol. The number of hydrogen-bond acceptors (Lipinski definition) is 3. The van der Waals surface area contributed by atoms with Crippen LogP contribution in [0.4, 0.5) is 0 Å². The lowest BCUT2D eigenvalue weighted by atomic mass is 10.1. The van der Waals surface area contributed by atoms with Crippen LogP contribution in [-0.4, -0.2) is 37.1 Å². The fraction of sp³-hybridized carbons (Fsp3) is 0.250. The fourth-order valence-electron chi connectivity index (χ4n) is 3.57. The number of carbonyl (C=O) groups is 1. The molecule has 0 amide bonds. The maximum atomic E-state index is 13.0. The van der Waals surface area contributed by atoms with Crippen molar-refractivity contribution in [1.29, 1.82) is 0 Å². The monoisotopic (exact) mass is 402 g/mol. The lowest BCUT2D eigenvalue weighted by molar-refractivity contribution is 0.112. The molecular weight excluding hydrogens is 384 g/mol. The first-order valence-corrected chi connectivity index (χ1v) is 10.7. The predicted octanol–water partition coefficient (Wildman–Crippen LogP) is 4.48. The minimum absolute atomic E-state index is 0.224. The first kappa shape index (κ1) is 18.2. The zero-order valence-corrected chi connectivity index (χ0v) is 16.2. The van der Waals surface area contributed by atoms with E-state index in [-0.39, 0.29) is 4.90 Å². The number of nitrogens with zero attached hydrogens (tertiary/aromatic N) is 1. The van der Waals surface area contributed by atoms with E-state index < -0.39 is 10.0 Å². The van der Waals surface area contributed by atoms with Crippen molar-refractivity contribution in [2.45, 2.75) is 24.2 Å². The van der Waals surface area contributed by atoms with E-state index in [9.17, 15) is 13.2 Å². The highest BCUT2D eigenvalue weighted by Crippen LogP contribution is 2.32. The molecule has 0 atom stereocenters. The van der Waals surface area contributed by atoms with Gasteiger partial charge in [-0.2, -0.15) is 4.31 Å². The number of sulfonamides is 1. The van der Waals surface area contributed by atoms with Gasteiger partial charge in [-0.3, -0.25) is 4.79 Å². The van der Waals surface area contributed by atoms with E-state index in [1.807, 2.05) is 12.1 Å². The van der Waals surface area contributed by atoms with Gasteiger partial charge in [-0.15, -0.1) is 0 Å². The van der Waals surface area contributed by atoms with Gasteiger partial charge in [0, 0.05) is 34.6 Å². The van der Waals surface area contributed by atoms with E-state index in [4.69, 9.17) is 11.6 Å². The summed E-state index contributed by atoms with van der Waals surface area (Å²) in [6, 6.07) is 12.1. The van der Waals surface area contributed by atoms with Crippen LogP contribution in [0.25, 0.3) is 22.2 Å². The van der Waals surface area contributed by atoms with Gasteiger partial charge < -0.3 is 4.98 Å². The lowest BCUT2D eigenvalue weighted by Crippen LogP contribution is -2.35. The number of nitrogens with one attached hydrogen (secondary N) is 1. The van der Waals surface area contributed by atoms with E-state index >= 15 is 0 Å². The number of aldehydes is 1. The zero-order valence-electron chi connectivity index (χ0n) is 14.6. The summed E-state index contributed by atoms with van der Waals surface area (Å²) in [4.78, 5) is 15.2. The Morgan fingerprint density at radius 2 is 1.70 bits per heavy atom. The van der Waals surface area contributed by atoms with Crippen LogP contribution < -0.4 is 0 Å².